The molecule has 0 radical (unpaired) electrons. The van der Waals surface area contributed by atoms with Crippen LogP contribution in [0.15, 0.2) is 79.9 Å². The van der Waals surface area contributed by atoms with E-state index in [0.717, 1.165) is 5.52 Å². The second-order valence-corrected chi connectivity index (χ2v) is 14.7. The van der Waals surface area contributed by atoms with Gasteiger partial charge in [-0.05, 0) is 37.0 Å². The quantitative estimate of drug-likeness (QED) is 0.111. The van der Waals surface area contributed by atoms with Crippen molar-refractivity contribution in [2.75, 3.05) is 33.4 Å². The van der Waals surface area contributed by atoms with E-state index in [4.69, 9.17) is 14.2 Å². The summed E-state index contributed by atoms with van der Waals surface area (Å²) < 4.78 is 20.1. The van der Waals surface area contributed by atoms with Crippen LogP contribution in [-0.4, -0.2) is 116 Å². The van der Waals surface area contributed by atoms with Crippen molar-refractivity contribution in [1.82, 2.24) is 30.1 Å². The minimum Gasteiger partial charge on any atom is -0.455 e. The highest BCUT2D eigenvalue weighted by atomic mass is 79.9. The number of alkyl halides is 1. The van der Waals surface area contributed by atoms with E-state index < -0.39 is 59.5 Å². The number of rotatable bonds is 18. The van der Waals surface area contributed by atoms with Crippen LogP contribution in [0.4, 0.5) is 0 Å². The summed E-state index contributed by atoms with van der Waals surface area (Å²) in [4.78, 5) is 59.4. The number of hydrogen-bond acceptors (Lipinski definition) is 10. The first-order chi connectivity index (χ1) is 25.7. The molecule has 1 unspecified atom stereocenters. The van der Waals surface area contributed by atoms with Crippen molar-refractivity contribution in [3.63, 3.8) is 0 Å². The largest absolute Gasteiger partial charge is 0.455 e. The molecular formula is C38H45BrN6O8. The van der Waals surface area contributed by atoms with Crippen molar-refractivity contribution < 1.29 is 38.5 Å². The summed E-state index contributed by atoms with van der Waals surface area (Å²) >= 11 is 3.72. The molecule has 0 aliphatic carbocycles. The highest BCUT2D eigenvalue weighted by molar-refractivity contribution is 9.09. The second-order valence-electron chi connectivity index (χ2n) is 13.6. The maximum Gasteiger partial charge on any atom is 0.313 e. The van der Waals surface area contributed by atoms with E-state index in [1.54, 1.807) is 41.1 Å². The molecule has 3 fully saturated rings. The number of amides is 3. The first-order valence-electron chi connectivity index (χ1n) is 17.7. The zero-order valence-corrected chi connectivity index (χ0v) is 31.2. The number of fused-ring (bicyclic) bond motifs is 2. The Kier molecular flexibility index (Phi) is 12.1. The maximum atomic E-state index is 14.8. The fourth-order valence-corrected chi connectivity index (χ4v) is 8.96. The van der Waals surface area contributed by atoms with Gasteiger partial charge in [-0.1, -0.05) is 75.8 Å². The minimum absolute atomic E-state index is 0.0233. The zero-order valence-electron chi connectivity index (χ0n) is 29.6. The summed E-state index contributed by atoms with van der Waals surface area (Å²) in [5.74, 6) is -3.90. The molecule has 3 aliphatic heterocycles. The van der Waals surface area contributed by atoms with Gasteiger partial charge in [-0.15, -0.1) is 18.3 Å². The van der Waals surface area contributed by atoms with E-state index in [9.17, 15) is 24.3 Å². The number of hydrogen-bond donors (Lipinski definition) is 2. The normalized spacial score (nSPS) is 25.5. The number of methoxy groups -OCH3 is 1. The zero-order chi connectivity index (χ0) is 37.7. The van der Waals surface area contributed by atoms with Crippen LogP contribution in [0.2, 0.25) is 0 Å². The van der Waals surface area contributed by atoms with Crippen molar-refractivity contribution >= 4 is 50.7 Å². The van der Waals surface area contributed by atoms with E-state index in [1.165, 1.54) is 16.9 Å². The summed E-state index contributed by atoms with van der Waals surface area (Å²) in [6.07, 6.45) is 2.64. The SMILES string of the molecule is C=CCCC(=O)N[C@H](COC)[C@H](OC(=O)[C@H]1[C@@H]2O[C@@]3(CC2Br)[C@@H]1C(=O)N(CCCO)[C@@H]3C(=O)N(CC=C)Cn1nnc2ccccc21)c1ccccc1. The molecule has 2 bridgehead atoms. The molecule has 53 heavy (non-hydrogen) atoms. The molecular weight excluding hydrogens is 748 g/mol. The third-order valence-electron chi connectivity index (χ3n) is 10.2. The molecule has 282 valence electrons. The summed E-state index contributed by atoms with van der Waals surface area (Å²) in [6, 6.07) is 14.5. The van der Waals surface area contributed by atoms with Crippen molar-refractivity contribution in [3.05, 3.63) is 85.5 Å². The lowest BCUT2D eigenvalue weighted by atomic mass is 9.70. The van der Waals surface area contributed by atoms with Gasteiger partial charge in [0, 0.05) is 38.1 Å². The van der Waals surface area contributed by atoms with Crippen molar-refractivity contribution in [3.8, 4) is 0 Å². The summed E-state index contributed by atoms with van der Waals surface area (Å²) in [5, 5.41) is 21.2. The van der Waals surface area contributed by atoms with Gasteiger partial charge in [-0.3, -0.25) is 19.2 Å². The number of nitrogens with one attached hydrogen (secondary N) is 1. The second kappa shape index (κ2) is 16.7. The third-order valence-corrected chi connectivity index (χ3v) is 11.1. The average molecular weight is 794 g/mol. The molecule has 3 saturated heterocycles. The Labute approximate surface area is 316 Å². The topological polar surface area (TPSA) is 165 Å². The van der Waals surface area contributed by atoms with Crippen LogP contribution in [0.5, 0.6) is 0 Å². The number of halogens is 1. The van der Waals surface area contributed by atoms with Gasteiger partial charge in [0.15, 0.2) is 0 Å². The lowest BCUT2D eigenvalue weighted by Crippen LogP contribution is -2.57. The van der Waals surface area contributed by atoms with E-state index in [1.807, 2.05) is 30.3 Å². The number of allylic oxidation sites excluding steroid dienone is 1. The number of aliphatic hydroxyl groups excluding tert-OH is 1. The Morgan fingerprint density at radius 2 is 1.92 bits per heavy atom. The van der Waals surface area contributed by atoms with Crippen LogP contribution in [-0.2, 0) is 40.1 Å². The van der Waals surface area contributed by atoms with Gasteiger partial charge >= 0.3 is 5.97 Å². The Morgan fingerprint density at radius 3 is 2.64 bits per heavy atom. The smallest absolute Gasteiger partial charge is 0.313 e. The molecule has 4 heterocycles. The molecule has 14 nitrogen and oxygen atoms in total. The first-order valence-corrected chi connectivity index (χ1v) is 18.7. The summed E-state index contributed by atoms with van der Waals surface area (Å²) in [7, 11) is 1.49. The Balaban J connectivity index is 1.33. The highest BCUT2D eigenvalue weighted by Gasteiger charge is 2.77. The minimum atomic E-state index is -1.37. The molecule has 3 amide bonds. The van der Waals surface area contributed by atoms with Crippen LogP contribution in [0, 0.1) is 11.8 Å². The maximum absolute atomic E-state index is 14.8. The lowest BCUT2D eigenvalue weighted by Gasteiger charge is -2.37. The van der Waals surface area contributed by atoms with Gasteiger partial charge in [-0.25, -0.2) is 4.68 Å². The van der Waals surface area contributed by atoms with E-state index >= 15 is 0 Å². The van der Waals surface area contributed by atoms with Crippen LogP contribution < -0.4 is 5.32 Å². The molecule has 2 N–H and O–H groups in total. The Bertz CT molecular complexity index is 1820. The van der Waals surface area contributed by atoms with Crippen molar-refractivity contribution in [1.29, 1.82) is 0 Å². The van der Waals surface area contributed by atoms with Crippen LogP contribution in [0.3, 0.4) is 0 Å². The number of carbonyl (C=O) groups is 4. The molecule has 3 aromatic rings. The van der Waals surface area contributed by atoms with E-state index in [2.05, 4.69) is 44.7 Å². The molecule has 1 aromatic heterocycles. The van der Waals surface area contributed by atoms with Gasteiger partial charge in [-0.2, -0.15) is 0 Å². The summed E-state index contributed by atoms with van der Waals surface area (Å²) in [5.41, 5.74) is 0.639. The van der Waals surface area contributed by atoms with Crippen LogP contribution in [0.25, 0.3) is 11.0 Å². The van der Waals surface area contributed by atoms with Gasteiger partial charge in [0.25, 0.3) is 0 Å². The highest BCUT2D eigenvalue weighted by Crippen LogP contribution is 2.60. The van der Waals surface area contributed by atoms with Crippen molar-refractivity contribution in [2.45, 2.75) is 67.1 Å². The van der Waals surface area contributed by atoms with Crippen molar-refractivity contribution in [2.24, 2.45) is 11.8 Å². The summed E-state index contributed by atoms with van der Waals surface area (Å²) in [6.45, 7) is 7.61. The number of carbonyl (C=O) groups excluding carboxylic acids is 4. The fraction of sp³-hybridized carbons (Fsp3) is 0.474. The predicted octanol–water partition coefficient (Wildman–Crippen LogP) is 2.92. The lowest BCUT2D eigenvalue weighted by molar-refractivity contribution is -0.163. The van der Waals surface area contributed by atoms with Gasteiger partial charge in [0.2, 0.25) is 17.7 Å². The van der Waals surface area contributed by atoms with Gasteiger partial charge in [0.1, 0.15) is 29.9 Å². The molecule has 15 heteroatoms. The predicted molar refractivity (Wildman–Crippen MR) is 197 cm³/mol. The standard InChI is InChI=1S/C38H45BrN6O8/c1-4-6-17-29(47)40-27(22-51-3)32(24-13-8-7-9-14-24)52-37(50)30-31-35(48)44(19-12-20-46)34(38(31)21-25(39)33(30)53-38)36(49)43(18-5-2)23-45-28-16-11-10-15-26(28)41-42-45/h4-5,7-11,13-16,25,27,30-34,46H,1-2,6,12,17-23H2,3H3,(H,40,47)/t25?,27-,30-,31+,32-,33-,34-,38+/m1/s1. The number of likely N-dealkylation sites (tertiary alicyclic amines) is 1. The number of ether oxygens (including phenoxy) is 3. The third kappa shape index (κ3) is 7.39. The van der Waals surface area contributed by atoms with E-state index in [-0.39, 0.29) is 63.0 Å². The Morgan fingerprint density at radius 1 is 1.17 bits per heavy atom. The van der Waals surface area contributed by atoms with Crippen LogP contribution >= 0.6 is 15.9 Å². The molecule has 6 rings (SSSR count). The Hall–Kier alpha value is -4.44. The molecule has 0 saturated carbocycles. The molecule has 8 atom stereocenters. The fourth-order valence-electron chi connectivity index (χ4n) is 8.01. The molecule has 1 spiro atoms. The number of benzene rings is 2. The molecule has 2 aromatic carbocycles. The number of esters is 1. The van der Waals surface area contributed by atoms with Crippen LogP contribution in [0.1, 0.15) is 37.4 Å². The number of aromatic nitrogens is 3. The van der Waals surface area contributed by atoms with Gasteiger partial charge < -0.3 is 34.4 Å². The average Bonchev–Trinajstić information content (AvgIpc) is 3.88. The van der Waals surface area contributed by atoms with E-state index in [0.29, 0.717) is 17.5 Å². The van der Waals surface area contributed by atoms with Gasteiger partial charge in [0.05, 0.1) is 36.1 Å². The number of nitrogens with zero attached hydrogens (tertiary/aromatic N) is 5. The first kappa shape index (κ1) is 38.3. The molecule has 3 aliphatic rings. The number of aliphatic hydroxyl groups is 1. The monoisotopic (exact) mass is 792 g/mol. The number of para-hydroxylation sites is 1.